The minimum atomic E-state index is -3.97. The van der Waals surface area contributed by atoms with Crippen molar-refractivity contribution < 1.29 is 17.9 Å². The Balaban J connectivity index is 1.61. The van der Waals surface area contributed by atoms with Crippen molar-refractivity contribution in [2.24, 2.45) is 0 Å². The van der Waals surface area contributed by atoms with Gasteiger partial charge in [0, 0.05) is 18.1 Å². The second kappa shape index (κ2) is 13.1. The predicted molar refractivity (Wildman–Crippen MR) is 144 cm³/mol. The average Bonchev–Trinajstić information content (AvgIpc) is 2.85. The van der Waals surface area contributed by atoms with Crippen LogP contribution in [0.4, 0.5) is 5.69 Å². The van der Waals surface area contributed by atoms with Crippen LogP contribution < -0.4 is 14.4 Å². The highest BCUT2D eigenvalue weighted by atomic mass is 35.5. The minimum absolute atomic E-state index is 0.0785. The highest BCUT2D eigenvalue weighted by Gasteiger charge is 2.27. The number of nitrogens with zero attached hydrogens (tertiary/aromatic N) is 1. The number of anilines is 1. The number of benzene rings is 3. The molecule has 1 N–H and O–H groups in total. The lowest BCUT2D eigenvalue weighted by Gasteiger charge is -2.24. The third-order valence-electron chi connectivity index (χ3n) is 4.88. The molecule has 3 aromatic carbocycles. The van der Waals surface area contributed by atoms with Crippen LogP contribution in [0.3, 0.4) is 0 Å². The SMILES string of the molecule is CCOc1ccc(S(=O)(=O)N(CC(=O)NCCSCc2ccc(Cl)c(Cl)c2)c2ccccc2)cc1. The van der Waals surface area contributed by atoms with Crippen LogP contribution in [-0.4, -0.2) is 39.8 Å². The number of sulfonamides is 1. The summed E-state index contributed by atoms with van der Waals surface area (Å²) in [6, 6.07) is 20.2. The van der Waals surface area contributed by atoms with Crippen molar-refractivity contribution in [2.45, 2.75) is 17.6 Å². The first kappa shape index (κ1) is 27.2. The summed E-state index contributed by atoms with van der Waals surface area (Å²) in [5.74, 6) is 1.56. The zero-order valence-corrected chi connectivity index (χ0v) is 22.3. The van der Waals surface area contributed by atoms with Crippen molar-refractivity contribution in [3.63, 3.8) is 0 Å². The number of amides is 1. The number of para-hydroxylation sites is 1. The Morgan fingerprint density at radius 2 is 1.71 bits per heavy atom. The minimum Gasteiger partial charge on any atom is -0.494 e. The first-order chi connectivity index (χ1) is 16.8. The van der Waals surface area contributed by atoms with Crippen LogP contribution in [0.2, 0.25) is 10.0 Å². The summed E-state index contributed by atoms with van der Waals surface area (Å²) in [6.45, 7) is 2.40. The van der Waals surface area contributed by atoms with Gasteiger partial charge in [-0.05, 0) is 61.0 Å². The third kappa shape index (κ3) is 7.80. The second-order valence-electron chi connectivity index (χ2n) is 7.40. The van der Waals surface area contributed by atoms with Crippen molar-refractivity contribution in [3.05, 3.63) is 88.4 Å². The Kier molecular flexibility index (Phi) is 10.2. The lowest BCUT2D eigenvalue weighted by molar-refractivity contribution is -0.119. The molecule has 0 aliphatic rings. The van der Waals surface area contributed by atoms with Gasteiger partial charge < -0.3 is 10.1 Å². The first-order valence-corrected chi connectivity index (χ1v) is 14.3. The van der Waals surface area contributed by atoms with E-state index >= 15 is 0 Å². The van der Waals surface area contributed by atoms with Crippen LogP contribution in [0.5, 0.6) is 5.75 Å². The van der Waals surface area contributed by atoms with E-state index in [2.05, 4.69) is 5.32 Å². The molecule has 0 fully saturated rings. The molecule has 0 saturated carbocycles. The maximum atomic E-state index is 13.4. The van der Waals surface area contributed by atoms with Gasteiger partial charge in [-0.2, -0.15) is 11.8 Å². The molecule has 0 unspecified atom stereocenters. The number of ether oxygens (including phenoxy) is 1. The number of halogens is 2. The van der Waals surface area contributed by atoms with E-state index in [1.54, 1.807) is 60.3 Å². The number of hydrogen-bond acceptors (Lipinski definition) is 5. The molecule has 6 nitrogen and oxygen atoms in total. The van der Waals surface area contributed by atoms with E-state index in [0.29, 0.717) is 40.4 Å². The maximum absolute atomic E-state index is 13.4. The molecule has 35 heavy (non-hydrogen) atoms. The number of thioether (sulfide) groups is 1. The molecule has 0 radical (unpaired) electrons. The van der Waals surface area contributed by atoms with Crippen molar-refractivity contribution >= 4 is 56.6 Å². The molecule has 0 saturated heterocycles. The zero-order chi connectivity index (χ0) is 25.3. The van der Waals surface area contributed by atoms with Crippen LogP contribution in [0.1, 0.15) is 12.5 Å². The summed E-state index contributed by atoms with van der Waals surface area (Å²) in [7, 11) is -3.97. The van der Waals surface area contributed by atoms with Crippen LogP contribution >= 0.6 is 35.0 Å². The van der Waals surface area contributed by atoms with E-state index in [-0.39, 0.29) is 11.4 Å². The van der Waals surface area contributed by atoms with Gasteiger partial charge in [0.2, 0.25) is 5.91 Å². The topological polar surface area (TPSA) is 75.7 Å². The average molecular weight is 554 g/mol. The van der Waals surface area contributed by atoms with Gasteiger partial charge >= 0.3 is 0 Å². The van der Waals surface area contributed by atoms with Gasteiger partial charge in [-0.15, -0.1) is 0 Å². The van der Waals surface area contributed by atoms with Gasteiger partial charge in [0.1, 0.15) is 12.3 Å². The Hall–Kier alpha value is -2.39. The van der Waals surface area contributed by atoms with E-state index in [9.17, 15) is 13.2 Å². The van der Waals surface area contributed by atoms with Gasteiger partial charge in [0.15, 0.2) is 0 Å². The summed E-state index contributed by atoms with van der Waals surface area (Å²) >= 11 is 13.6. The van der Waals surface area contributed by atoms with Crippen molar-refractivity contribution in [2.75, 3.05) is 29.8 Å². The monoisotopic (exact) mass is 552 g/mol. The lowest BCUT2D eigenvalue weighted by Crippen LogP contribution is -2.41. The fourth-order valence-electron chi connectivity index (χ4n) is 3.18. The molecule has 0 heterocycles. The first-order valence-electron chi connectivity index (χ1n) is 10.9. The van der Waals surface area contributed by atoms with Crippen LogP contribution in [-0.2, 0) is 20.6 Å². The molecule has 186 valence electrons. The standard InChI is InChI=1S/C25H26Cl2N2O4S2/c1-2-33-21-9-11-22(12-10-21)35(31,32)29(20-6-4-3-5-7-20)17-25(30)28-14-15-34-18-19-8-13-23(26)24(27)16-19/h3-13,16H,2,14-15,17-18H2,1H3,(H,28,30). The number of nitrogens with one attached hydrogen (secondary N) is 1. The van der Waals surface area contributed by atoms with Gasteiger partial charge in [-0.1, -0.05) is 47.5 Å². The Bertz CT molecular complexity index is 1220. The van der Waals surface area contributed by atoms with Crippen molar-refractivity contribution in [3.8, 4) is 5.75 Å². The number of carbonyl (C=O) groups excluding carboxylic acids is 1. The third-order valence-corrected chi connectivity index (χ3v) is 8.43. The van der Waals surface area contributed by atoms with Gasteiger partial charge in [-0.25, -0.2) is 8.42 Å². The number of hydrogen-bond donors (Lipinski definition) is 1. The summed E-state index contributed by atoms with van der Waals surface area (Å²) in [6.07, 6.45) is 0. The molecule has 3 rings (SSSR count). The summed E-state index contributed by atoms with van der Waals surface area (Å²) in [5, 5.41) is 3.82. The molecule has 3 aromatic rings. The van der Waals surface area contributed by atoms with Gasteiger partial charge in [-0.3, -0.25) is 9.10 Å². The number of carbonyl (C=O) groups is 1. The Morgan fingerprint density at radius 3 is 2.37 bits per heavy atom. The molecular weight excluding hydrogens is 527 g/mol. The molecule has 0 aromatic heterocycles. The number of rotatable bonds is 12. The van der Waals surface area contributed by atoms with Gasteiger partial charge in [0.25, 0.3) is 10.0 Å². The molecule has 0 aliphatic heterocycles. The van der Waals surface area contributed by atoms with E-state index in [0.717, 1.165) is 15.6 Å². The molecule has 0 spiro atoms. The molecule has 1 amide bonds. The van der Waals surface area contributed by atoms with Crippen LogP contribution in [0.15, 0.2) is 77.7 Å². The van der Waals surface area contributed by atoms with Crippen LogP contribution in [0.25, 0.3) is 0 Å². The lowest BCUT2D eigenvalue weighted by atomic mass is 10.2. The smallest absolute Gasteiger partial charge is 0.264 e. The predicted octanol–water partition coefficient (Wildman–Crippen LogP) is 5.64. The van der Waals surface area contributed by atoms with E-state index in [1.807, 2.05) is 19.1 Å². The quantitative estimate of drug-likeness (QED) is 0.294. The van der Waals surface area contributed by atoms with Crippen molar-refractivity contribution in [1.29, 1.82) is 0 Å². The Labute approximate surface area is 220 Å². The molecule has 10 heteroatoms. The fraction of sp³-hybridized carbons (Fsp3) is 0.240. The van der Waals surface area contributed by atoms with Gasteiger partial charge in [0.05, 0.1) is 27.2 Å². The van der Waals surface area contributed by atoms with E-state index < -0.39 is 15.9 Å². The summed E-state index contributed by atoms with van der Waals surface area (Å²) in [4.78, 5) is 12.8. The highest BCUT2D eigenvalue weighted by molar-refractivity contribution is 7.98. The summed E-state index contributed by atoms with van der Waals surface area (Å²) in [5.41, 5.74) is 1.44. The largest absolute Gasteiger partial charge is 0.494 e. The molecule has 0 aliphatic carbocycles. The molecule has 0 atom stereocenters. The van der Waals surface area contributed by atoms with Crippen LogP contribution in [0, 0.1) is 0 Å². The highest BCUT2D eigenvalue weighted by Crippen LogP contribution is 2.26. The maximum Gasteiger partial charge on any atom is 0.264 e. The fourth-order valence-corrected chi connectivity index (χ4v) is 5.73. The van der Waals surface area contributed by atoms with E-state index in [1.165, 1.54) is 12.1 Å². The second-order valence-corrected chi connectivity index (χ2v) is 11.2. The zero-order valence-electron chi connectivity index (χ0n) is 19.1. The Morgan fingerprint density at radius 1 is 1.00 bits per heavy atom. The molecular formula is C25H26Cl2N2O4S2. The van der Waals surface area contributed by atoms with Crippen molar-refractivity contribution in [1.82, 2.24) is 5.32 Å². The molecule has 0 bridgehead atoms. The summed E-state index contributed by atoms with van der Waals surface area (Å²) < 4.78 is 33.3. The normalized spacial score (nSPS) is 11.2. The van der Waals surface area contributed by atoms with E-state index in [4.69, 9.17) is 27.9 Å².